The van der Waals surface area contributed by atoms with Crippen LogP contribution in [0.5, 0.6) is 0 Å². The summed E-state index contributed by atoms with van der Waals surface area (Å²) in [7, 11) is 1.03. The van der Waals surface area contributed by atoms with Crippen molar-refractivity contribution >= 4 is 13.9 Å². The average molecular weight is 318 g/mol. The molecule has 0 saturated heterocycles. The highest BCUT2D eigenvalue weighted by Crippen LogP contribution is 2.31. The fourth-order valence-electron chi connectivity index (χ4n) is 3.92. The molecule has 0 radical (unpaired) electrons. The SMILES string of the molecule is Cc1cc(C)c(PC2CCCCCCCCCCC2)c(C)c1. The Labute approximate surface area is 140 Å². The quantitative estimate of drug-likeness (QED) is 0.540. The largest absolute Gasteiger partial charge is 0.0866 e. The summed E-state index contributed by atoms with van der Waals surface area (Å²) in [4.78, 5) is 0. The molecule has 22 heavy (non-hydrogen) atoms. The van der Waals surface area contributed by atoms with Crippen molar-refractivity contribution in [1.82, 2.24) is 0 Å². The molecule has 0 amide bonds. The number of hydrogen-bond donors (Lipinski definition) is 0. The van der Waals surface area contributed by atoms with E-state index >= 15 is 0 Å². The summed E-state index contributed by atoms with van der Waals surface area (Å²) in [6.45, 7) is 6.86. The highest BCUT2D eigenvalue weighted by atomic mass is 31.1. The lowest BCUT2D eigenvalue weighted by molar-refractivity contribution is 0.509. The minimum absolute atomic E-state index is 0.944. The summed E-state index contributed by atoms with van der Waals surface area (Å²) in [5.41, 5.74) is 5.42. The van der Waals surface area contributed by atoms with Crippen LogP contribution in [-0.2, 0) is 0 Å². The Morgan fingerprint density at radius 3 is 1.55 bits per heavy atom. The molecule has 124 valence electrons. The maximum Gasteiger partial charge on any atom is -0.0196 e. The van der Waals surface area contributed by atoms with Gasteiger partial charge in [0.1, 0.15) is 0 Å². The highest BCUT2D eigenvalue weighted by molar-refractivity contribution is 7.48. The van der Waals surface area contributed by atoms with E-state index in [0.29, 0.717) is 0 Å². The van der Waals surface area contributed by atoms with E-state index in [4.69, 9.17) is 0 Å². The van der Waals surface area contributed by atoms with E-state index in [9.17, 15) is 0 Å². The first kappa shape index (κ1) is 18.0. The smallest absolute Gasteiger partial charge is 0.0196 e. The molecule has 2 rings (SSSR count). The molecule has 1 saturated carbocycles. The Morgan fingerprint density at radius 2 is 1.09 bits per heavy atom. The van der Waals surface area contributed by atoms with Crippen molar-refractivity contribution in [1.29, 1.82) is 0 Å². The average Bonchev–Trinajstić information content (AvgIpc) is 2.45. The molecule has 1 aromatic rings. The van der Waals surface area contributed by atoms with Crippen LogP contribution < -0.4 is 5.30 Å². The first-order valence-corrected chi connectivity index (χ1v) is 10.6. The van der Waals surface area contributed by atoms with E-state index in [1.54, 1.807) is 5.30 Å². The second-order valence-electron chi connectivity index (χ2n) is 7.37. The van der Waals surface area contributed by atoms with Gasteiger partial charge < -0.3 is 0 Å². The number of benzene rings is 1. The van der Waals surface area contributed by atoms with Crippen molar-refractivity contribution < 1.29 is 0 Å². The predicted molar refractivity (Wildman–Crippen MR) is 103 cm³/mol. The summed E-state index contributed by atoms with van der Waals surface area (Å²) in [5, 5.41) is 1.67. The fraction of sp³-hybridized carbons (Fsp3) is 0.714. The van der Waals surface area contributed by atoms with Gasteiger partial charge in [0.2, 0.25) is 0 Å². The van der Waals surface area contributed by atoms with Gasteiger partial charge in [0.05, 0.1) is 0 Å². The molecule has 0 aromatic heterocycles. The van der Waals surface area contributed by atoms with Crippen LogP contribution in [0.3, 0.4) is 0 Å². The van der Waals surface area contributed by atoms with Gasteiger partial charge in [-0.2, -0.15) is 0 Å². The van der Waals surface area contributed by atoms with Gasteiger partial charge in [0.15, 0.2) is 0 Å². The second-order valence-corrected chi connectivity index (χ2v) is 8.98. The summed E-state index contributed by atoms with van der Waals surface area (Å²) in [6.07, 6.45) is 16.1. The van der Waals surface area contributed by atoms with Gasteiger partial charge in [-0.05, 0) is 55.7 Å². The number of hydrogen-bond acceptors (Lipinski definition) is 0. The molecule has 1 atom stereocenters. The van der Waals surface area contributed by atoms with E-state index in [0.717, 1.165) is 14.2 Å². The molecule has 0 nitrogen and oxygen atoms in total. The van der Waals surface area contributed by atoms with Crippen LogP contribution in [0.1, 0.15) is 87.3 Å². The molecular weight excluding hydrogens is 283 g/mol. The molecule has 0 bridgehead atoms. The zero-order chi connectivity index (χ0) is 15.8. The molecule has 0 spiro atoms. The minimum atomic E-state index is 0.944. The second kappa shape index (κ2) is 9.71. The molecule has 1 fully saturated rings. The topological polar surface area (TPSA) is 0 Å². The first-order valence-electron chi connectivity index (χ1n) is 9.51. The summed E-state index contributed by atoms with van der Waals surface area (Å²) in [5.74, 6) is 0. The van der Waals surface area contributed by atoms with Gasteiger partial charge in [-0.1, -0.05) is 84.1 Å². The van der Waals surface area contributed by atoms with Gasteiger partial charge in [-0.3, -0.25) is 0 Å². The molecule has 1 unspecified atom stereocenters. The van der Waals surface area contributed by atoms with Crippen LogP contribution in [-0.4, -0.2) is 5.66 Å². The van der Waals surface area contributed by atoms with E-state index < -0.39 is 0 Å². The Kier molecular flexibility index (Phi) is 7.95. The van der Waals surface area contributed by atoms with E-state index in [1.807, 2.05) is 0 Å². The van der Waals surface area contributed by atoms with Crippen LogP contribution in [0, 0.1) is 20.8 Å². The highest BCUT2D eigenvalue weighted by Gasteiger charge is 2.13. The zero-order valence-corrected chi connectivity index (χ0v) is 16.0. The van der Waals surface area contributed by atoms with Crippen molar-refractivity contribution in [3.63, 3.8) is 0 Å². The molecule has 1 aliphatic rings. The van der Waals surface area contributed by atoms with Gasteiger partial charge in [-0.15, -0.1) is 0 Å². The molecule has 1 aliphatic carbocycles. The van der Waals surface area contributed by atoms with Crippen LogP contribution in [0.4, 0.5) is 0 Å². The van der Waals surface area contributed by atoms with E-state index in [2.05, 4.69) is 32.9 Å². The third-order valence-corrected chi connectivity index (χ3v) is 7.19. The van der Waals surface area contributed by atoms with Gasteiger partial charge in [0.25, 0.3) is 0 Å². The lowest BCUT2D eigenvalue weighted by Gasteiger charge is -2.21. The Bertz CT molecular complexity index is 414. The van der Waals surface area contributed by atoms with Crippen molar-refractivity contribution in [2.75, 3.05) is 0 Å². The van der Waals surface area contributed by atoms with Crippen molar-refractivity contribution in [2.24, 2.45) is 0 Å². The first-order chi connectivity index (χ1) is 10.7. The zero-order valence-electron chi connectivity index (χ0n) is 15.0. The normalized spacial score (nSPS) is 20.0. The summed E-state index contributed by atoms with van der Waals surface area (Å²) >= 11 is 0. The van der Waals surface area contributed by atoms with Gasteiger partial charge >= 0.3 is 0 Å². The molecule has 0 N–H and O–H groups in total. The maximum atomic E-state index is 2.38. The van der Waals surface area contributed by atoms with Crippen molar-refractivity contribution in [3.05, 3.63) is 28.8 Å². The van der Waals surface area contributed by atoms with Crippen LogP contribution in [0.25, 0.3) is 0 Å². The molecule has 0 aliphatic heterocycles. The Morgan fingerprint density at radius 1 is 0.682 bits per heavy atom. The summed E-state index contributed by atoms with van der Waals surface area (Å²) < 4.78 is 0. The lowest BCUT2D eigenvalue weighted by Crippen LogP contribution is -2.13. The van der Waals surface area contributed by atoms with E-state index in [1.165, 1.54) is 87.3 Å². The van der Waals surface area contributed by atoms with E-state index in [-0.39, 0.29) is 0 Å². The Hall–Kier alpha value is -0.350. The van der Waals surface area contributed by atoms with Gasteiger partial charge in [-0.25, -0.2) is 0 Å². The van der Waals surface area contributed by atoms with Gasteiger partial charge in [0, 0.05) is 0 Å². The predicted octanol–water partition coefficient (Wildman–Crippen LogP) is 6.59. The standard InChI is InChI=1S/C21H35P/c1-17-15-18(2)21(19(3)16-17)22-20-13-11-9-7-5-4-6-8-10-12-14-20/h15-16,20,22H,4-14H2,1-3H3. The maximum absolute atomic E-state index is 2.38. The minimum Gasteiger partial charge on any atom is -0.0866 e. The summed E-state index contributed by atoms with van der Waals surface area (Å²) in [6, 6.07) is 4.76. The van der Waals surface area contributed by atoms with Crippen LogP contribution in [0.2, 0.25) is 0 Å². The molecule has 0 heterocycles. The molecule has 1 heteroatoms. The van der Waals surface area contributed by atoms with Crippen LogP contribution in [0.15, 0.2) is 12.1 Å². The molecular formula is C21H35P. The van der Waals surface area contributed by atoms with Crippen LogP contribution >= 0.6 is 8.58 Å². The Balaban J connectivity index is 1.98. The third-order valence-electron chi connectivity index (χ3n) is 5.13. The van der Waals surface area contributed by atoms with Crippen molar-refractivity contribution in [2.45, 2.75) is 97.1 Å². The molecule has 1 aromatic carbocycles. The fourth-order valence-corrected chi connectivity index (χ4v) is 5.62. The third kappa shape index (κ3) is 6.04. The lowest BCUT2D eigenvalue weighted by atomic mass is 10.0. The monoisotopic (exact) mass is 318 g/mol. The van der Waals surface area contributed by atoms with Crippen molar-refractivity contribution in [3.8, 4) is 0 Å². The number of aryl methyl sites for hydroxylation is 3. The number of rotatable bonds is 2.